The van der Waals surface area contributed by atoms with Crippen LogP contribution in [0.15, 0.2) is 198 Å². The Morgan fingerprint density at radius 3 is 2.07 bits per heavy atom. The molecular weight excluding hydrogens is 679 g/mol. The van der Waals surface area contributed by atoms with E-state index in [0.29, 0.717) is 17.8 Å². The van der Waals surface area contributed by atoms with Crippen LogP contribution in [0.4, 0.5) is 5.69 Å². The first-order valence-electron chi connectivity index (χ1n) is 20.2. The predicted octanol–water partition coefficient (Wildman–Crippen LogP) is 12.6. The number of rotatable bonds is 8. The summed E-state index contributed by atoms with van der Waals surface area (Å²) in [5.74, 6) is 1.11. The summed E-state index contributed by atoms with van der Waals surface area (Å²) in [5, 5.41) is 2.40. The number of nitrogens with zero attached hydrogens (tertiary/aromatic N) is 1. The van der Waals surface area contributed by atoms with Crippen molar-refractivity contribution in [1.29, 1.82) is 0 Å². The van der Waals surface area contributed by atoms with Gasteiger partial charge in [-0.2, -0.15) is 0 Å². The normalized spacial score (nSPS) is 20.0. The summed E-state index contributed by atoms with van der Waals surface area (Å²) in [4.78, 5) is 2.48. The Morgan fingerprint density at radius 2 is 1.32 bits per heavy atom. The number of hydrogen-bond acceptors (Lipinski definition) is 2. The average molecular weight is 724 g/mol. The number of benzene rings is 5. The minimum Gasteiger partial charge on any atom is -0.454 e. The third kappa shape index (κ3) is 6.56. The monoisotopic (exact) mass is 723 g/mol. The minimum atomic E-state index is 0.330. The van der Waals surface area contributed by atoms with Crippen molar-refractivity contribution in [2.45, 2.75) is 49.9 Å². The van der Waals surface area contributed by atoms with Crippen LogP contribution < -0.4 is 15.5 Å². The fourth-order valence-corrected chi connectivity index (χ4v) is 9.06. The average Bonchev–Trinajstić information content (AvgIpc) is 3.68. The summed E-state index contributed by atoms with van der Waals surface area (Å²) in [6.45, 7) is 0. The molecule has 0 spiro atoms. The van der Waals surface area contributed by atoms with E-state index in [0.717, 1.165) is 48.8 Å². The van der Waals surface area contributed by atoms with Crippen molar-refractivity contribution >= 4 is 34.0 Å². The van der Waals surface area contributed by atoms with Crippen LogP contribution in [0, 0.1) is 0 Å². The van der Waals surface area contributed by atoms with Crippen molar-refractivity contribution in [3.63, 3.8) is 0 Å². The smallest absolute Gasteiger partial charge is 0.154 e. The lowest BCUT2D eigenvalue weighted by Crippen LogP contribution is -2.35. The van der Waals surface area contributed by atoms with Gasteiger partial charge in [-0.25, -0.2) is 0 Å². The second-order valence-corrected chi connectivity index (χ2v) is 15.4. The van der Waals surface area contributed by atoms with Gasteiger partial charge in [0.2, 0.25) is 0 Å². The van der Waals surface area contributed by atoms with Gasteiger partial charge in [0.25, 0.3) is 0 Å². The van der Waals surface area contributed by atoms with E-state index in [1.54, 1.807) is 0 Å². The number of hydrogen-bond donors (Lipinski definition) is 0. The summed E-state index contributed by atoms with van der Waals surface area (Å²) >= 11 is 0. The Hall–Kier alpha value is -6.38. The van der Waals surface area contributed by atoms with Gasteiger partial charge in [-0.3, -0.25) is 0 Å². The number of furan rings is 1. The molecule has 2 nitrogen and oxygen atoms in total. The van der Waals surface area contributed by atoms with E-state index >= 15 is 0 Å². The lowest BCUT2D eigenvalue weighted by atomic mass is 9.86. The van der Waals surface area contributed by atoms with Crippen LogP contribution in [-0.2, 0) is 0 Å². The second kappa shape index (κ2) is 15.0. The Bertz CT molecular complexity index is 2720. The first kappa shape index (κ1) is 34.1. The maximum Gasteiger partial charge on any atom is 0.154 e. The lowest BCUT2D eigenvalue weighted by molar-refractivity contribution is 0.565. The highest BCUT2D eigenvalue weighted by molar-refractivity contribution is 5.95. The van der Waals surface area contributed by atoms with Crippen molar-refractivity contribution < 1.29 is 4.42 Å². The van der Waals surface area contributed by atoms with Crippen LogP contribution in [-0.4, -0.2) is 0 Å². The van der Waals surface area contributed by atoms with Gasteiger partial charge < -0.3 is 9.32 Å². The van der Waals surface area contributed by atoms with Gasteiger partial charge in [0, 0.05) is 39.7 Å². The topological polar surface area (TPSA) is 16.4 Å². The molecule has 10 rings (SSSR count). The zero-order valence-corrected chi connectivity index (χ0v) is 31.6. The number of allylic oxidation sites excluding steroid dienone is 11. The van der Waals surface area contributed by atoms with Gasteiger partial charge in [-0.05, 0) is 95.3 Å². The Labute approximate surface area is 329 Å². The van der Waals surface area contributed by atoms with Crippen molar-refractivity contribution in [2.24, 2.45) is 0 Å². The zero-order chi connectivity index (χ0) is 37.3. The van der Waals surface area contributed by atoms with Gasteiger partial charge in [0.05, 0.1) is 5.70 Å². The quantitative estimate of drug-likeness (QED) is 0.155. The molecule has 0 aliphatic heterocycles. The highest BCUT2D eigenvalue weighted by Crippen LogP contribution is 2.38. The summed E-state index contributed by atoms with van der Waals surface area (Å²) < 4.78 is 6.91. The zero-order valence-electron chi connectivity index (χ0n) is 31.6. The molecule has 0 saturated heterocycles. The molecule has 4 aliphatic rings. The molecule has 272 valence electrons. The molecule has 0 amide bonds. The van der Waals surface area contributed by atoms with E-state index in [-0.39, 0.29) is 0 Å². The van der Waals surface area contributed by atoms with Gasteiger partial charge in [-0.1, -0.05) is 170 Å². The molecule has 2 heteroatoms. The first-order chi connectivity index (χ1) is 27.8. The fraction of sp³-hybridized carbons (Fsp3) is 0.148. The van der Waals surface area contributed by atoms with Gasteiger partial charge in [0.15, 0.2) is 5.42 Å². The molecule has 1 aromatic heterocycles. The van der Waals surface area contributed by atoms with Gasteiger partial charge in [-0.15, -0.1) is 0 Å². The summed E-state index contributed by atoms with van der Waals surface area (Å²) in [6.07, 6.45) is 30.4. The fourth-order valence-electron chi connectivity index (χ4n) is 9.06. The molecule has 0 bridgehead atoms. The van der Waals surface area contributed by atoms with Crippen LogP contribution in [0.25, 0.3) is 39.4 Å². The molecule has 6 aromatic rings. The van der Waals surface area contributed by atoms with E-state index in [9.17, 15) is 0 Å². The SMILES string of the molecule is C1=CCC(c2cccc(C3C=CC(N(C4=c5oc6cccc(-c7ccccc7)c6c5=CCC4)c4ccc(C5C=C(c6ccccc6)C=CC5)cc4)=CC3)c2)C=C1. The number of anilines is 1. The molecule has 0 N–H and O–H groups in total. The van der Waals surface area contributed by atoms with E-state index in [1.165, 1.54) is 61.0 Å². The molecular formula is C54H45NO. The van der Waals surface area contributed by atoms with E-state index in [4.69, 9.17) is 4.42 Å². The maximum atomic E-state index is 6.91. The third-order valence-corrected chi connectivity index (χ3v) is 11.9. The predicted molar refractivity (Wildman–Crippen MR) is 235 cm³/mol. The summed E-state index contributed by atoms with van der Waals surface area (Å²) in [5.41, 5.74) is 14.6. The molecule has 1 heterocycles. The molecule has 3 unspecified atom stereocenters. The van der Waals surface area contributed by atoms with Crippen molar-refractivity contribution in [3.05, 3.63) is 227 Å². The lowest BCUT2D eigenvalue weighted by Gasteiger charge is -2.31. The maximum absolute atomic E-state index is 6.91. The Kier molecular flexibility index (Phi) is 9.17. The van der Waals surface area contributed by atoms with Crippen LogP contribution in [0.3, 0.4) is 0 Å². The first-order valence-corrected chi connectivity index (χ1v) is 20.2. The Balaban J connectivity index is 1.05. The van der Waals surface area contributed by atoms with E-state index in [1.807, 2.05) is 0 Å². The third-order valence-electron chi connectivity index (χ3n) is 11.9. The summed E-state index contributed by atoms with van der Waals surface area (Å²) in [7, 11) is 0. The van der Waals surface area contributed by atoms with Gasteiger partial charge >= 0.3 is 0 Å². The molecule has 0 fully saturated rings. The molecule has 56 heavy (non-hydrogen) atoms. The molecule has 0 saturated carbocycles. The molecule has 0 radical (unpaired) electrons. The molecule has 4 aliphatic carbocycles. The molecule has 3 atom stereocenters. The van der Waals surface area contributed by atoms with Crippen molar-refractivity contribution in [3.8, 4) is 11.1 Å². The summed E-state index contributed by atoms with van der Waals surface area (Å²) in [6, 6.07) is 46.5. The van der Waals surface area contributed by atoms with Crippen molar-refractivity contribution in [1.82, 2.24) is 0 Å². The van der Waals surface area contributed by atoms with E-state index < -0.39 is 0 Å². The number of fused-ring (bicyclic) bond motifs is 3. The Morgan fingerprint density at radius 1 is 0.571 bits per heavy atom. The second-order valence-electron chi connectivity index (χ2n) is 15.4. The van der Waals surface area contributed by atoms with Gasteiger partial charge in [0.1, 0.15) is 5.58 Å². The van der Waals surface area contributed by atoms with Crippen LogP contribution >= 0.6 is 0 Å². The standard InChI is InChI=1S/C54H45NO/c1-4-14-38(15-5-1)43-20-10-22-45(36-43)40-28-32-47(33-29-40)55(48-34-30-41(31-35-48)46-23-11-21-44(37-46)39-16-6-2-7-17-39)51-26-12-25-50-53-49(42-18-8-3-9-19-42)24-13-27-52(53)56-54(50)51/h1-11,13-16,18-21,23-25,27-30,32-37,39,41,45H,12,17,22,26,31H2. The molecule has 5 aromatic carbocycles. The van der Waals surface area contributed by atoms with Crippen LogP contribution in [0.2, 0.25) is 0 Å². The highest BCUT2D eigenvalue weighted by atomic mass is 16.3. The largest absolute Gasteiger partial charge is 0.454 e. The van der Waals surface area contributed by atoms with Crippen LogP contribution in [0.5, 0.6) is 0 Å². The highest BCUT2D eigenvalue weighted by Gasteiger charge is 2.25. The van der Waals surface area contributed by atoms with E-state index in [2.05, 4.69) is 199 Å². The van der Waals surface area contributed by atoms with Crippen molar-refractivity contribution in [2.75, 3.05) is 4.90 Å². The minimum absolute atomic E-state index is 0.330. The van der Waals surface area contributed by atoms with Crippen LogP contribution in [0.1, 0.15) is 72.1 Å².